The second-order valence-corrected chi connectivity index (χ2v) is 5.34. The minimum atomic E-state index is 0.317. The van der Waals surface area contributed by atoms with Crippen molar-refractivity contribution < 1.29 is 9.47 Å². The van der Waals surface area contributed by atoms with E-state index < -0.39 is 0 Å². The van der Waals surface area contributed by atoms with Crippen LogP contribution in [0.25, 0.3) is 0 Å². The summed E-state index contributed by atoms with van der Waals surface area (Å²) in [6.07, 6.45) is 2.70. The maximum absolute atomic E-state index is 5.74. The molecule has 0 aromatic heterocycles. The molecule has 1 saturated carbocycles. The number of benzene rings is 1. The second-order valence-electron chi connectivity index (χ2n) is 5.34. The van der Waals surface area contributed by atoms with E-state index in [1.807, 2.05) is 0 Å². The zero-order valence-corrected chi connectivity index (χ0v) is 10.7. The van der Waals surface area contributed by atoms with Gasteiger partial charge in [-0.3, -0.25) is 0 Å². The number of hydrogen-bond donors (Lipinski definition) is 1. The molecule has 3 heteroatoms. The molecular formula is C15H21NO2. The van der Waals surface area contributed by atoms with Crippen molar-refractivity contribution in [2.75, 3.05) is 19.8 Å². The highest BCUT2D eigenvalue weighted by Crippen LogP contribution is 2.28. The van der Waals surface area contributed by atoms with E-state index >= 15 is 0 Å². The van der Waals surface area contributed by atoms with Gasteiger partial charge in [-0.1, -0.05) is 24.3 Å². The molecule has 0 bridgehead atoms. The van der Waals surface area contributed by atoms with E-state index in [2.05, 4.69) is 29.6 Å². The van der Waals surface area contributed by atoms with Crippen LogP contribution in [0.3, 0.4) is 0 Å². The van der Waals surface area contributed by atoms with Crippen LogP contribution in [0.4, 0.5) is 0 Å². The quantitative estimate of drug-likeness (QED) is 0.884. The van der Waals surface area contributed by atoms with E-state index in [4.69, 9.17) is 9.47 Å². The predicted octanol–water partition coefficient (Wildman–Crippen LogP) is 2.10. The Hall–Kier alpha value is -0.900. The van der Waals surface area contributed by atoms with E-state index in [0.717, 1.165) is 38.9 Å². The molecule has 0 spiro atoms. The summed E-state index contributed by atoms with van der Waals surface area (Å²) in [5, 5.41) is 3.52. The van der Waals surface area contributed by atoms with E-state index in [1.165, 1.54) is 24.0 Å². The van der Waals surface area contributed by atoms with Crippen LogP contribution in [0.15, 0.2) is 24.3 Å². The first kappa shape index (κ1) is 12.2. The SMILES string of the molecule is c1ccc2c(c1)CN[C@H](COCC1CC1)COC2. The van der Waals surface area contributed by atoms with E-state index in [-0.39, 0.29) is 0 Å². The standard InChI is InChI=1S/C15H21NO2/c1-2-4-14-9-18-11-15(16-7-13(14)3-1)10-17-8-12-5-6-12/h1-4,12,15-16H,5-11H2/t15-/m1/s1. The van der Waals surface area contributed by atoms with Gasteiger partial charge in [0.2, 0.25) is 0 Å². The summed E-state index contributed by atoms with van der Waals surface area (Å²) < 4.78 is 11.5. The van der Waals surface area contributed by atoms with Gasteiger partial charge in [0.05, 0.1) is 25.9 Å². The molecule has 1 aliphatic carbocycles. The van der Waals surface area contributed by atoms with Crippen LogP contribution >= 0.6 is 0 Å². The van der Waals surface area contributed by atoms with Crippen molar-refractivity contribution in [2.45, 2.75) is 32.0 Å². The van der Waals surface area contributed by atoms with Crippen molar-refractivity contribution in [3.63, 3.8) is 0 Å². The molecule has 1 heterocycles. The average molecular weight is 247 g/mol. The smallest absolute Gasteiger partial charge is 0.0720 e. The minimum Gasteiger partial charge on any atom is -0.379 e. The highest BCUT2D eigenvalue weighted by atomic mass is 16.5. The maximum atomic E-state index is 5.74. The van der Waals surface area contributed by atoms with Crippen LogP contribution in [0, 0.1) is 5.92 Å². The molecule has 1 aromatic rings. The summed E-state index contributed by atoms with van der Waals surface area (Å²) in [6, 6.07) is 8.78. The van der Waals surface area contributed by atoms with Crippen molar-refractivity contribution >= 4 is 0 Å². The van der Waals surface area contributed by atoms with Gasteiger partial charge in [-0.15, -0.1) is 0 Å². The van der Waals surface area contributed by atoms with Crippen LogP contribution in [0.1, 0.15) is 24.0 Å². The molecule has 1 N–H and O–H groups in total. The van der Waals surface area contributed by atoms with Crippen molar-refractivity contribution in [2.24, 2.45) is 5.92 Å². The van der Waals surface area contributed by atoms with Gasteiger partial charge in [-0.05, 0) is 29.9 Å². The van der Waals surface area contributed by atoms with Crippen molar-refractivity contribution in [3.05, 3.63) is 35.4 Å². The average Bonchev–Trinajstić information content (AvgIpc) is 3.17. The largest absolute Gasteiger partial charge is 0.379 e. The maximum Gasteiger partial charge on any atom is 0.0720 e. The van der Waals surface area contributed by atoms with Crippen molar-refractivity contribution in [1.82, 2.24) is 5.32 Å². The van der Waals surface area contributed by atoms with Gasteiger partial charge in [-0.25, -0.2) is 0 Å². The monoisotopic (exact) mass is 247 g/mol. The van der Waals surface area contributed by atoms with Gasteiger partial charge in [-0.2, -0.15) is 0 Å². The topological polar surface area (TPSA) is 30.5 Å². The second kappa shape index (κ2) is 5.83. The third kappa shape index (κ3) is 3.31. The Morgan fingerprint density at radius 3 is 2.83 bits per heavy atom. The van der Waals surface area contributed by atoms with Gasteiger partial charge in [0.15, 0.2) is 0 Å². The number of rotatable bonds is 4. The molecule has 98 valence electrons. The molecule has 1 aliphatic heterocycles. The number of hydrogen-bond acceptors (Lipinski definition) is 3. The van der Waals surface area contributed by atoms with Crippen molar-refractivity contribution in [1.29, 1.82) is 0 Å². The Morgan fingerprint density at radius 2 is 2.00 bits per heavy atom. The summed E-state index contributed by atoms with van der Waals surface area (Å²) in [4.78, 5) is 0. The fourth-order valence-electron chi connectivity index (χ4n) is 2.26. The summed E-state index contributed by atoms with van der Waals surface area (Å²) in [7, 11) is 0. The Morgan fingerprint density at radius 1 is 1.17 bits per heavy atom. The third-order valence-electron chi connectivity index (χ3n) is 3.65. The molecular weight excluding hydrogens is 226 g/mol. The van der Waals surface area contributed by atoms with Crippen LogP contribution in [-0.2, 0) is 22.6 Å². The molecule has 18 heavy (non-hydrogen) atoms. The summed E-state index contributed by atoms with van der Waals surface area (Å²) in [5.41, 5.74) is 2.63. The zero-order chi connectivity index (χ0) is 12.2. The zero-order valence-electron chi connectivity index (χ0n) is 10.7. The first-order chi connectivity index (χ1) is 8.92. The Balaban J connectivity index is 1.50. The fraction of sp³-hybridized carbons (Fsp3) is 0.600. The normalized spacial score (nSPS) is 24.1. The first-order valence-electron chi connectivity index (χ1n) is 6.87. The van der Waals surface area contributed by atoms with Crippen molar-refractivity contribution in [3.8, 4) is 0 Å². The molecule has 3 nitrogen and oxygen atoms in total. The summed E-state index contributed by atoms with van der Waals surface area (Å²) >= 11 is 0. The Labute approximate surface area is 108 Å². The molecule has 0 radical (unpaired) electrons. The van der Waals surface area contributed by atoms with Crippen LogP contribution in [0.2, 0.25) is 0 Å². The van der Waals surface area contributed by atoms with E-state index in [1.54, 1.807) is 0 Å². The Kier molecular flexibility index (Phi) is 3.93. The van der Waals surface area contributed by atoms with Crippen LogP contribution in [-0.4, -0.2) is 25.9 Å². The molecule has 0 saturated heterocycles. The molecule has 2 aliphatic rings. The highest BCUT2D eigenvalue weighted by Gasteiger charge is 2.22. The lowest BCUT2D eigenvalue weighted by atomic mass is 10.1. The van der Waals surface area contributed by atoms with Crippen LogP contribution in [0.5, 0.6) is 0 Å². The Bertz CT molecular complexity index is 390. The predicted molar refractivity (Wildman–Crippen MR) is 70.3 cm³/mol. The lowest BCUT2D eigenvalue weighted by Gasteiger charge is -2.23. The van der Waals surface area contributed by atoms with Gasteiger partial charge < -0.3 is 14.8 Å². The van der Waals surface area contributed by atoms with Gasteiger partial charge >= 0.3 is 0 Å². The first-order valence-corrected chi connectivity index (χ1v) is 6.87. The summed E-state index contributed by atoms with van der Waals surface area (Å²) in [6.45, 7) is 4.06. The fourth-order valence-corrected chi connectivity index (χ4v) is 2.26. The minimum absolute atomic E-state index is 0.317. The van der Waals surface area contributed by atoms with Gasteiger partial charge in [0.25, 0.3) is 0 Å². The molecule has 1 atom stereocenters. The number of fused-ring (bicyclic) bond motifs is 1. The lowest BCUT2D eigenvalue weighted by Crippen LogP contribution is -2.38. The number of ether oxygens (including phenoxy) is 2. The van der Waals surface area contributed by atoms with Crippen LogP contribution < -0.4 is 5.32 Å². The van der Waals surface area contributed by atoms with Gasteiger partial charge in [0, 0.05) is 13.2 Å². The van der Waals surface area contributed by atoms with E-state index in [0.29, 0.717) is 6.04 Å². The number of nitrogens with one attached hydrogen (secondary N) is 1. The molecule has 3 rings (SSSR count). The highest BCUT2D eigenvalue weighted by molar-refractivity contribution is 5.26. The van der Waals surface area contributed by atoms with E-state index in [9.17, 15) is 0 Å². The molecule has 1 aromatic carbocycles. The third-order valence-corrected chi connectivity index (χ3v) is 3.65. The van der Waals surface area contributed by atoms with Gasteiger partial charge in [0.1, 0.15) is 0 Å². The molecule has 0 amide bonds. The summed E-state index contributed by atoms with van der Waals surface area (Å²) in [5.74, 6) is 0.834. The molecule has 0 unspecified atom stereocenters. The molecule has 1 fully saturated rings. The lowest BCUT2D eigenvalue weighted by molar-refractivity contribution is 0.0416.